The number of hydrogen-bond acceptors (Lipinski definition) is 6. The average Bonchev–Trinajstić information content (AvgIpc) is 2.33. The van der Waals surface area contributed by atoms with Crippen LogP contribution in [0.1, 0.15) is 40.0 Å². The van der Waals surface area contributed by atoms with Gasteiger partial charge in [-0.3, -0.25) is 9.59 Å². The van der Waals surface area contributed by atoms with Crippen LogP contribution in [0.4, 0.5) is 0 Å². The van der Waals surface area contributed by atoms with Crippen molar-refractivity contribution >= 4 is 17.7 Å². The standard InChI is InChI=1S/C7H12O3.C6H12O3/c1-3-10-7(9)5-4-6(2)8;1-6(7)9-5-3-4-8-2/h3-5H2,1-2H3;3-5H2,1-2H3. The van der Waals surface area contributed by atoms with Gasteiger partial charge in [0, 0.05) is 33.5 Å². The number of Topliss-reactive ketones (excluding diaryl/α,β-unsaturated/α-hetero) is 1. The summed E-state index contributed by atoms with van der Waals surface area (Å²) < 4.78 is 14.0. The van der Waals surface area contributed by atoms with Crippen LogP contribution in [0.5, 0.6) is 0 Å². The predicted molar refractivity (Wildman–Crippen MR) is 69.7 cm³/mol. The molecule has 0 aromatic rings. The van der Waals surface area contributed by atoms with Crippen LogP contribution in [0.2, 0.25) is 0 Å². The first kappa shape index (κ1) is 19.9. The van der Waals surface area contributed by atoms with Crippen LogP contribution in [0.25, 0.3) is 0 Å². The van der Waals surface area contributed by atoms with E-state index in [1.165, 1.54) is 13.8 Å². The van der Waals surface area contributed by atoms with Crippen molar-refractivity contribution in [1.82, 2.24) is 0 Å². The molecule has 0 bridgehead atoms. The number of ketones is 1. The Labute approximate surface area is 114 Å². The van der Waals surface area contributed by atoms with E-state index in [1.807, 2.05) is 0 Å². The maximum Gasteiger partial charge on any atom is 0.306 e. The molecule has 0 heterocycles. The first-order chi connectivity index (χ1) is 8.93. The molecule has 19 heavy (non-hydrogen) atoms. The van der Waals surface area contributed by atoms with Gasteiger partial charge in [-0.15, -0.1) is 0 Å². The topological polar surface area (TPSA) is 78.9 Å². The lowest BCUT2D eigenvalue weighted by Crippen LogP contribution is -2.05. The molecule has 112 valence electrons. The smallest absolute Gasteiger partial charge is 0.306 e. The van der Waals surface area contributed by atoms with Gasteiger partial charge in [0.15, 0.2) is 0 Å². The van der Waals surface area contributed by atoms with Gasteiger partial charge in [0.2, 0.25) is 0 Å². The molecule has 0 unspecified atom stereocenters. The van der Waals surface area contributed by atoms with Crippen LogP contribution in [-0.2, 0) is 28.6 Å². The Morgan fingerprint density at radius 2 is 1.58 bits per heavy atom. The minimum absolute atomic E-state index is 0.0213. The SMILES string of the molecule is CCOC(=O)CCC(C)=O.COCCCOC(C)=O. The Morgan fingerprint density at radius 1 is 0.947 bits per heavy atom. The van der Waals surface area contributed by atoms with Gasteiger partial charge in [-0.25, -0.2) is 0 Å². The summed E-state index contributed by atoms with van der Waals surface area (Å²) in [4.78, 5) is 31.1. The zero-order chi connectivity index (χ0) is 15.1. The molecule has 0 aliphatic heterocycles. The van der Waals surface area contributed by atoms with Gasteiger partial charge in [-0.05, 0) is 13.8 Å². The van der Waals surface area contributed by atoms with Crippen LogP contribution < -0.4 is 0 Å². The Hall–Kier alpha value is -1.43. The maximum absolute atomic E-state index is 10.6. The number of carbonyl (C=O) groups excluding carboxylic acids is 3. The molecule has 0 radical (unpaired) electrons. The molecule has 6 heteroatoms. The predicted octanol–water partition coefficient (Wildman–Crippen LogP) is 1.50. The minimum atomic E-state index is -0.294. The average molecular weight is 276 g/mol. The van der Waals surface area contributed by atoms with E-state index in [2.05, 4.69) is 9.47 Å². The third kappa shape index (κ3) is 22.3. The normalized spacial score (nSPS) is 9.05. The minimum Gasteiger partial charge on any atom is -0.466 e. The third-order valence-electron chi connectivity index (χ3n) is 1.78. The van der Waals surface area contributed by atoms with E-state index in [4.69, 9.17) is 4.74 Å². The van der Waals surface area contributed by atoms with E-state index in [9.17, 15) is 14.4 Å². The molecule has 0 amide bonds. The number of methoxy groups -OCH3 is 1. The molecule has 0 saturated carbocycles. The number of rotatable bonds is 8. The summed E-state index contributed by atoms with van der Waals surface area (Å²) in [6.45, 7) is 6.09. The summed E-state index contributed by atoms with van der Waals surface area (Å²) in [5.41, 5.74) is 0. The maximum atomic E-state index is 10.6. The summed E-state index contributed by atoms with van der Waals surface area (Å²) >= 11 is 0. The van der Waals surface area contributed by atoms with Crippen LogP contribution in [0, 0.1) is 0 Å². The van der Waals surface area contributed by atoms with E-state index in [0.29, 0.717) is 26.2 Å². The third-order valence-corrected chi connectivity index (χ3v) is 1.78. The molecule has 0 rings (SSSR count). The molecule has 6 nitrogen and oxygen atoms in total. The highest BCUT2D eigenvalue weighted by Crippen LogP contribution is 1.92. The van der Waals surface area contributed by atoms with Crippen molar-refractivity contribution in [2.75, 3.05) is 26.9 Å². The molecule has 0 spiro atoms. The van der Waals surface area contributed by atoms with Crippen LogP contribution in [0.15, 0.2) is 0 Å². The molecule has 0 fully saturated rings. The number of hydrogen-bond donors (Lipinski definition) is 0. The monoisotopic (exact) mass is 276 g/mol. The summed E-state index contributed by atoms with van der Waals surface area (Å²) in [5, 5.41) is 0. The summed E-state index contributed by atoms with van der Waals surface area (Å²) in [5.74, 6) is -0.503. The van der Waals surface area contributed by atoms with Gasteiger partial charge < -0.3 is 19.0 Å². The largest absolute Gasteiger partial charge is 0.466 e. The Kier molecular flexibility index (Phi) is 15.3. The summed E-state index contributed by atoms with van der Waals surface area (Å²) in [6.07, 6.45) is 1.28. The fraction of sp³-hybridized carbons (Fsp3) is 0.769. The van der Waals surface area contributed by atoms with Gasteiger partial charge in [0.25, 0.3) is 0 Å². The lowest BCUT2D eigenvalue weighted by Gasteiger charge is -1.98. The van der Waals surface area contributed by atoms with Gasteiger partial charge >= 0.3 is 11.9 Å². The van der Waals surface area contributed by atoms with E-state index in [0.717, 1.165) is 6.42 Å². The van der Waals surface area contributed by atoms with Crippen molar-refractivity contribution in [3.05, 3.63) is 0 Å². The fourth-order valence-electron chi connectivity index (χ4n) is 0.930. The zero-order valence-electron chi connectivity index (χ0n) is 12.2. The van der Waals surface area contributed by atoms with Crippen LogP contribution >= 0.6 is 0 Å². The van der Waals surface area contributed by atoms with E-state index in [-0.39, 0.29) is 24.1 Å². The molecule has 0 aromatic carbocycles. The molecular weight excluding hydrogens is 252 g/mol. The van der Waals surface area contributed by atoms with Crippen molar-refractivity contribution in [1.29, 1.82) is 0 Å². The molecular formula is C13H24O6. The first-order valence-electron chi connectivity index (χ1n) is 6.21. The molecule has 0 N–H and O–H groups in total. The highest BCUT2D eigenvalue weighted by atomic mass is 16.5. The van der Waals surface area contributed by atoms with Gasteiger partial charge in [-0.1, -0.05) is 0 Å². The Morgan fingerprint density at radius 3 is 2.00 bits per heavy atom. The highest BCUT2D eigenvalue weighted by Gasteiger charge is 2.02. The zero-order valence-corrected chi connectivity index (χ0v) is 12.2. The van der Waals surface area contributed by atoms with Crippen LogP contribution in [0.3, 0.4) is 0 Å². The van der Waals surface area contributed by atoms with E-state index in [1.54, 1.807) is 14.0 Å². The quantitative estimate of drug-likeness (QED) is 0.494. The lowest BCUT2D eigenvalue weighted by molar-refractivity contribution is -0.144. The second-order valence-corrected chi connectivity index (χ2v) is 3.69. The second-order valence-electron chi connectivity index (χ2n) is 3.69. The molecule has 0 aliphatic rings. The van der Waals surface area contributed by atoms with Gasteiger partial charge in [-0.2, -0.15) is 0 Å². The summed E-state index contributed by atoms with van der Waals surface area (Å²) in [6, 6.07) is 0. The molecule has 0 aromatic heterocycles. The van der Waals surface area contributed by atoms with E-state index >= 15 is 0 Å². The Bertz CT molecular complexity index is 262. The molecule has 0 aliphatic carbocycles. The number of esters is 2. The summed E-state index contributed by atoms with van der Waals surface area (Å²) in [7, 11) is 1.62. The number of ether oxygens (including phenoxy) is 3. The van der Waals surface area contributed by atoms with Crippen molar-refractivity contribution < 1.29 is 28.6 Å². The van der Waals surface area contributed by atoms with Gasteiger partial charge in [0.1, 0.15) is 5.78 Å². The van der Waals surface area contributed by atoms with Crippen molar-refractivity contribution in [3.8, 4) is 0 Å². The van der Waals surface area contributed by atoms with Crippen LogP contribution in [-0.4, -0.2) is 44.7 Å². The van der Waals surface area contributed by atoms with E-state index < -0.39 is 0 Å². The van der Waals surface area contributed by atoms with Gasteiger partial charge in [0.05, 0.1) is 19.6 Å². The van der Waals surface area contributed by atoms with Crippen molar-refractivity contribution in [2.45, 2.75) is 40.0 Å². The number of carbonyl (C=O) groups is 3. The fourth-order valence-corrected chi connectivity index (χ4v) is 0.930. The van der Waals surface area contributed by atoms with Crippen molar-refractivity contribution in [3.63, 3.8) is 0 Å². The molecule has 0 saturated heterocycles. The second kappa shape index (κ2) is 14.6. The van der Waals surface area contributed by atoms with Crippen molar-refractivity contribution in [2.24, 2.45) is 0 Å². The first-order valence-corrected chi connectivity index (χ1v) is 6.21. The Balaban J connectivity index is 0. The molecule has 0 atom stereocenters. The lowest BCUT2D eigenvalue weighted by atomic mass is 10.2. The highest BCUT2D eigenvalue weighted by molar-refractivity contribution is 5.80.